The highest BCUT2D eigenvalue weighted by molar-refractivity contribution is 7.31. The molecule has 0 spiro atoms. The maximum atomic E-state index is 6.45. The summed E-state index contributed by atoms with van der Waals surface area (Å²) in [6, 6.07) is 0. The predicted octanol–water partition coefficient (Wildman–Crippen LogP) is 2.80. The van der Waals surface area contributed by atoms with Gasteiger partial charge in [0.2, 0.25) is 0 Å². The summed E-state index contributed by atoms with van der Waals surface area (Å²) in [5, 5.41) is 0. The van der Waals surface area contributed by atoms with Crippen molar-refractivity contribution < 1.29 is 52.5 Å². The third kappa shape index (κ3) is 11.8. The first-order valence-corrected chi connectivity index (χ1v) is 28.9. The van der Waals surface area contributed by atoms with Gasteiger partial charge in [-0.2, -0.15) is 0 Å². The molecule has 0 saturated carbocycles. The average Bonchev–Trinajstić information content (AvgIpc) is 2.71. The Bertz CT molecular complexity index is 596. The quantitative estimate of drug-likeness (QED) is 0.119. The molecule has 0 aliphatic rings. The maximum Gasteiger partial charge on any atom is 0.669 e. The Balaban J connectivity index is 5.71. The third-order valence-corrected chi connectivity index (χ3v) is 29.5. The van der Waals surface area contributed by atoms with E-state index in [1.54, 1.807) is 21.3 Å². The predicted molar refractivity (Wildman–Crippen MR) is 146 cm³/mol. The van der Waals surface area contributed by atoms with Crippen molar-refractivity contribution in [2.75, 3.05) is 48.9 Å². The molecule has 0 aliphatic heterocycles. The van der Waals surface area contributed by atoms with Gasteiger partial charge in [0.15, 0.2) is 8.32 Å². The van der Waals surface area contributed by atoms with E-state index in [0.717, 1.165) is 0 Å². The topological polar surface area (TPSA) is 111 Å². The molecule has 0 fully saturated rings. The fourth-order valence-corrected chi connectivity index (χ4v) is 27.2. The first-order chi connectivity index (χ1) is 15.8. The van der Waals surface area contributed by atoms with Crippen molar-refractivity contribution in [2.24, 2.45) is 0 Å². The Hall–Kier alpha value is 1.04. The molecule has 1 radical (unpaired) electrons. The van der Waals surface area contributed by atoms with E-state index in [-0.39, 0.29) is 6.23 Å². The van der Waals surface area contributed by atoms with Crippen LogP contribution in [0.2, 0.25) is 58.9 Å². The van der Waals surface area contributed by atoms with Crippen molar-refractivity contribution in [1.82, 2.24) is 0 Å². The molecule has 35 heavy (non-hydrogen) atoms. The van der Waals surface area contributed by atoms with Crippen LogP contribution in [-0.4, -0.2) is 109 Å². The van der Waals surface area contributed by atoms with E-state index in [1.807, 2.05) is 39.3 Å². The fraction of sp³-hybridized carbons (Fsp3) is 1.00. The monoisotopic (exact) mass is 627 g/mol. The van der Waals surface area contributed by atoms with Crippen LogP contribution < -0.4 is 0 Å². The molecular formula is C16H47O12Si7. The first kappa shape index (κ1) is 36.0. The van der Waals surface area contributed by atoms with Crippen LogP contribution in [0.1, 0.15) is 0 Å². The molecule has 0 bridgehead atoms. The van der Waals surface area contributed by atoms with Gasteiger partial charge in [0.25, 0.3) is 0 Å². The van der Waals surface area contributed by atoms with Gasteiger partial charge in [-0.25, -0.2) is 4.89 Å². The Morgan fingerprint density at radius 2 is 0.943 bits per heavy atom. The van der Waals surface area contributed by atoms with Crippen molar-refractivity contribution in [1.29, 1.82) is 0 Å². The first-order valence-electron chi connectivity index (χ1n) is 11.1. The number of rotatable bonds is 19. The van der Waals surface area contributed by atoms with Crippen molar-refractivity contribution in [2.45, 2.75) is 58.9 Å². The lowest BCUT2D eigenvalue weighted by molar-refractivity contribution is -0.204. The van der Waals surface area contributed by atoms with Crippen LogP contribution in [0.5, 0.6) is 0 Å². The molecule has 0 rings (SSSR count). The van der Waals surface area contributed by atoms with Gasteiger partial charge in [-0.3, -0.25) is 4.58 Å². The van der Waals surface area contributed by atoms with E-state index in [2.05, 4.69) is 19.6 Å². The number of hydrogen-bond acceptors (Lipinski definition) is 12. The third-order valence-electron chi connectivity index (χ3n) is 4.38. The van der Waals surface area contributed by atoms with Crippen LogP contribution in [0.4, 0.5) is 0 Å². The van der Waals surface area contributed by atoms with Crippen molar-refractivity contribution in [3.63, 3.8) is 0 Å². The molecule has 0 aromatic heterocycles. The van der Waals surface area contributed by atoms with E-state index in [1.165, 1.54) is 21.3 Å². The normalized spacial score (nSPS) is 14.7. The summed E-state index contributed by atoms with van der Waals surface area (Å²) >= 11 is 0. The summed E-state index contributed by atoms with van der Waals surface area (Å²) in [4.78, 5) is 5.72. The summed E-state index contributed by atoms with van der Waals surface area (Å²) in [7, 11) is -9.40. The summed E-state index contributed by atoms with van der Waals surface area (Å²) in [5.41, 5.74) is 0. The van der Waals surface area contributed by atoms with Crippen LogP contribution in [0, 0.1) is 0 Å². The molecule has 211 valence electrons. The maximum absolute atomic E-state index is 6.45. The number of hydrogen-bond donors (Lipinski definition) is 0. The largest absolute Gasteiger partial charge is 0.669 e. The summed E-state index contributed by atoms with van der Waals surface area (Å²) in [6.07, 6.45) is 0.0511. The van der Waals surface area contributed by atoms with Crippen LogP contribution >= 0.6 is 0 Å². The Labute approximate surface area is 219 Å². The summed E-state index contributed by atoms with van der Waals surface area (Å²) in [6.45, 7) is 17.9. The molecule has 0 aliphatic carbocycles. The standard InChI is InChI=1S/C16H47O12Si7/c1-17-34(18-2,19-3)28-32(12,13)26-29(25-31(10,11)27-30(7,8)9)16-23-24-33(14,15)35(20-4,21-5)22-6/h16H2,1-15H3. The lowest BCUT2D eigenvalue weighted by atomic mass is 11.7. The lowest BCUT2D eigenvalue weighted by Gasteiger charge is -2.38. The molecule has 0 aromatic carbocycles. The van der Waals surface area contributed by atoms with Crippen LogP contribution in [-0.2, 0) is 52.5 Å². The van der Waals surface area contributed by atoms with Gasteiger partial charge >= 0.3 is 51.6 Å². The van der Waals surface area contributed by atoms with E-state index in [4.69, 9.17) is 52.5 Å². The SMILES string of the molecule is CO[Si](OC)(OC)O[Si](C)(C)O[Si](COO[Si](C)(C)[Si](OC)(OC)OC)O[Si](C)(C)O[Si](C)(C)C. The zero-order chi connectivity index (χ0) is 27.8. The van der Waals surface area contributed by atoms with E-state index >= 15 is 0 Å². The smallest absolute Gasteiger partial charge is 0.437 e. The van der Waals surface area contributed by atoms with E-state index in [0.29, 0.717) is 0 Å². The van der Waals surface area contributed by atoms with Gasteiger partial charge in [-0.15, -0.1) is 0 Å². The van der Waals surface area contributed by atoms with Crippen molar-refractivity contribution >= 4 is 59.9 Å². The van der Waals surface area contributed by atoms with Crippen LogP contribution in [0.15, 0.2) is 0 Å². The molecule has 19 heteroatoms. The Kier molecular flexibility index (Phi) is 14.9. The highest BCUT2D eigenvalue weighted by Gasteiger charge is 2.60. The molecule has 0 atom stereocenters. The molecule has 0 heterocycles. The minimum atomic E-state index is -3.34. The summed E-state index contributed by atoms with van der Waals surface area (Å²) in [5.74, 6) is 0. The molecule has 12 nitrogen and oxygen atoms in total. The highest BCUT2D eigenvalue weighted by Crippen LogP contribution is 2.25. The lowest BCUT2D eigenvalue weighted by Crippen LogP contribution is -2.66. The zero-order valence-corrected chi connectivity index (χ0v) is 31.1. The fourth-order valence-electron chi connectivity index (χ4n) is 3.35. The van der Waals surface area contributed by atoms with E-state index < -0.39 is 59.9 Å². The highest BCUT2D eigenvalue weighted by atomic mass is 29.3. The van der Waals surface area contributed by atoms with Gasteiger partial charge in [0.05, 0.1) is 0 Å². The Morgan fingerprint density at radius 3 is 1.29 bits per heavy atom. The molecule has 0 unspecified atom stereocenters. The molecule has 0 aromatic rings. The van der Waals surface area contributed by atoms with Gasteiger partial charge in [-0.05, 0) is 58.9 Å². The van der Waals surface area contributed by atoms with Gasteiger partial charge in [-0.1, -0.05) is 0 Å². The van der Waals surface area contributed by atoms with E-state index in [9.17, 15) is 0 Å². The molecule has 0 amide bonds. The van der Waals surface area contributed by atoms with Gasteiger partial charge < -0.3 is 43.0 Å². The second-order valence-corrected chi connectivity index (χ2v) is 37.2. The average molecular weight is 628 g/mol. The minimum absolute atomic E-state index is 0.0511. The zero-order valence-electron chi connectivity index (χ0n) is 24.1. The van der Waals surface area contributed by atoms with Crippen LogP contribution in [0.3, 0.4) is 0 Å². The minimum Gasteiger partial charge on any atom is -0.437 e. The van der Waals surface area contributed by atoms with Gasteiger partial charge in [0, 0.05) is 42.7 Å². The van der Waals surface area contributed by atoms with Crippen LogP contribution in [0.25, 0.3) is 0 Å². The van der Waals surface area contributed by atoms with Crippen molar-refractivity contribution in [3.8, 4) is 0 Å². The van der Waals surface area contributed by atoms with Crippen molar-refractivity contribution in [3.05, 3.63) is 0 Å². The summed E-state index contributed by atoms with van der Waals surface area (Å²) < 4.78 is 64.3. The molecule has 0 saturated heterocycles. The second kappa shape index (κ2) is 14.4. The molecule has 0 N–H and O–H groups in total. The Morgan fingerprint density at radius 1 is 0.543 bits per heavy atom. The van der Waals surface area contributed by atoms with Gasteiger partial charge in [0.1, 0.15) is 6.23 Å². The molecular weight excluding hydrogens is 581 g/mol. The second-order valence-electron chi connectivity index (χ2n) is 9.83.